The lowest BCUT2D eigenvalue weighted by Crippen LogP contribution is -2.55. The molecule has 0 spiro atoms. The second-order valence-corrected chi connectivity index (χ2v) is 7.17. The summed E-state index contributed by atoms with van der Waals surface area (Å²) in [7, 11) is 0. The first-order chi connectivity index (χ1) is 13.3. The van der Waals surface area contributed by atoms with E-state index in [4.69, 9.17) is 0 Å². The zero-order valence-electron chi connectivity index (χ0n) is 14.5. The van der Waals surface area contributed by atoms with Crippen LogP contribution in [0.15, 0.2) is 42.5 Å². The standard InChI is InChI=1S/C18H12N4O5S/c1-10-2-4-11(5-3-10)20-15(23)9-16(24)21(18(20)25)17-19-13-7-6-12(22(26)27)8-14(13)28-17/h2-8H,9H2,1H3. The van der Waals surface area contributed by atoms with Crippen LogP contribution in [-0.4, -0.2) is 27.8 Å². The monoisotopic (exact) mass is 396 g/mol. The number of fused-ring (bicyclic) bond motifs is 1. The first-order valence-corrected chi connectivity index (χ1v) is 8.98. The number of hydrogen-bond donors (Lipinski definition) is 0. The third kappa shape index (κ3) is 2.89. The Labute approximate surface area is 162 Å². The van der Waals surface area contributed by atoms with Crippen LogP contribution in [0.2, 0.25) is 0 Å². The highest BCUT2D eigenvalue weighted by atomic mass is 32.1. The number of barbiturate groups is 1. The minimum Gasteiger partial charge on any atom is -0.273 e. The molecule has 10 heteroatoms. The number of rotatable bonds is 3. The van der Waals surface area contributed by atoms with Crippen molar-refractivity contribution in [1.29, 1.82) is 0 Å². The molecule has 1 aromatic heterocycles. The second-order valence-electron chi connectivity index (χ2n) is 6.16. The van der Waals surface area contributed by atoms with Gasteiger partial charge in [0.2, 0.25) is 16.9 Å². The van der Waals surface area contributed by atoms with Gasteiger partial charge in [-0.05, 0) is 25.1 Å². The van der Waals surface area contributed by atoms with Crippen molar-refractivity contribution < 1.29 is 19.3 Å². The molecule has 0 radical (unpaired) electrons. The van der Waals surface area contributed by atoms with Gasteiger partial charge in [0.1, 0.15) is 6.42 Å². The zero-order chi connectivity index (χ0) is 20.0. The molecule has 0 aliphatic carbocycles. The van der Waals surface area contributed by atoms with E-state index in [1.807, 2.05) is 6.92 Å². The number of aryl methyl sites for hydroxylation is 1. The third-order valence-electron chi connectivity index (χ3n) is 4.24. The minimum atomic E-state index is -0.821. The predicted molar refractivity (Wildman–Crippen MR) is 102 cm³/mol. The van der Waals surface area contributed by atoms with Crippen molar-refractivity contribution in [3.05, 3.63) is 58.1 Å². The number of carbonyl (C=O) groups excluding carboxylic acids is 3. The van der Waals surface area contributed by atoms with Crippen LogP contribution in [0.1, 0.15) is 12.0 Å². The van der Waals surface area contributed by atoms with Crippen LogP contribution in [0.5, 0.6) is 0 Å². The Morgan fingerprint density at radius 2 is 1.71 bits per heavy atom. The van der Waals surface area contributed by atoms with E-state index in [1.54, 1.807) is 24.3 Å². The Hall–Kier alpha value is -3.66. The maximum atomic E-state index is 13.0. The lowest BCUT2D eigenvalue weighted by atomic mass is 10.2. The van der Waals surface area contributed by atoms with E-state index in [2.05, 4.69) is 4.98 Å². The molecule has 0 atom stereocenters. The number of carbonyl (C=O) groups is 3. The quantitative estimate of drug-likeness (QED) is 0.381. The van der Waals surface area contributed by atoms with E-state index in [0.29, 0.717) is 15.9 Å². The van der Waals surface area contributed by atoms with E-state index in [-0.39, 0.29) is 10.8 Å². The zero-order valence-corrected chi connectivity index (χ0v) is 15.3. The van der Waals surface area contributed by atoms with E-state index < -0.39 is 29.2 Å². The van der Waals surface area contributed by atoms with Crippen LogP contribution in [0.3, 0.4) is 0 Å². The molecule has 28 heavy (non-hydrogen) atoms. The summed E-state index contributed by atoms with van der Waals surface area (Å²) in [6, 6.07) is 10.0. The highest BCUT2D eigenvalue weighted by Gasteiger charge is 2.41. The average molecular weight is 396 g/mol. The lowest BCUT2D eigenvalue weighted by molar-refractivity contribution is -0.384. The van der Waals surface area contributed by atoms with E-state index in [0.717, 1.165) is 26.7 Å². The number of hydrogen-bond acceptors (Lipinski definition) is 7. The molecule has 2 heterocycles. The van der Waals surface area contributed by atoms with Crippen LogP contribution >= 0.6 is 11.3 Å². The SMILES string of the molecule is Cc1ccc(N2C(=O)CC(=O)N(c3nc4ccc([N+](=O)[O-])cc4s3)C2=O)cc1. The lowest BCUT2D eigenvalue weighted by Gasteiger charge is -2.31. The van der Waals surface area contributed by atoms with Gasteiger partial charge in [-0.2, -0.15) is 0 Å². The Morgan fingerprint density at radius 1 is 1.04 bits per heavy atom. The van der Waals surface area contributed by atoms with Gasteiger partial charge >= 0.3 is 6.03 Å². The number of nitro groups is 1. The molecule has 1 saturated heterocycles. The molecule has 0 saturated carbocycles. The third-order valence-corrected chi connectivity index (χ3v) is 5.24. The molecular weight excluding hydrogens is 384 g/mol. The van der Waals surface area contributed by atoms with Gasteiger partial charge < -0.3 is 0 Å². The summed E-state index contributed by atoms with van der Waals surface area (Å²) in [6.45, 7) is 1.87. The van der Waals surface area contributed by atoms with E-state index in [1.165, 1.54) is 18.2 Å². The summed E-state index contributed by atoms with van der Waals surface area (Å²) in [6.07, 6.45) is -0.476. The molecular formula is C18H12N4O5S. The van der Waals surface area contributed by atoms with Gasteiger partial charge in [-0.1, -0.05) is 29.0 Å². The fourth-order valence-corrected chi connectivity index (χ4v) is 3.86. The summed E-state index contributed by atoms with van der Waals surface area (Å²) < 4.78 is 0.462. The van der Waals surface area contributed by atoms with Crippen molar-refractivity contribution in [1.82, 2.24) is 4.98 Å². The fraction of sp³-hybridized carbons (Fsp3) is 0.111. The maximum absolute atomic E-state index is 13.0. The summed E-state index contributed by atoms with van der Waals surface area (Å²) in [5.74, 6) is -1.31. The number of aromatic nitrogens is 1. The molecule has 9 nitrogen and oxygen atoms in total. The number of urea groups is 1. The summed E-state index contributed by atoms with van der Waals surface area (Å²) in [5, 5.41) is 11.0. The van der Waals surface area contributed by atoms with Crippen molar-refractivity contribution in [2.45, 2.75) is 13.3 Å². The predicted octanol–water partition coefficient (Wildman–Crippen LogP) is 3.40. The van der Waals surface area contributed by atoms with Crippen LogP contribution in [0.4, 0.5) is 21.3 Å². The highest BCUT2D eigenvalue weighted by Crippen LogP contribution is 2.34. The van der Waals surface area contributed by atoms with E-state index >= 15 is 0 Å². The van der Waals surface area contributed by atoms with Gasteiger partial charge in [0.15, 0.2) is 0 Å². The number of nitrogens with zero attached hydrogens (tertiary/aromatic N) is 4. The number of amides is 4. The highest BCUT2D eigenvalue weighted by molar-refractivity contribution is 7.22. The van der Waals surface area contributed by atoms with Gasteiger partial charge in [-0.3, -0.25) is 19.7 Å². The van der Waals surface area contributed by atoms with Crippen LogP contribution in [0.25, 0.3) is 10.2 Å². The second kappa shape index (κ2) is 6.50. The molecule has 0 unspecified atom stereocenters. The first-order valence-electron chi connectivity index (χ1n) is 8.16. The first kappa shape index (κ1) is 17.7. The van der Waals surface area contributed by atoms with Crippen LogP contribution in [0, 0.1) is 17.0 Å². The van der Waals surface area contributed by atoms with Crippen LogP contribution < -0.4 is 9.80 Å². The van der Waals surface area contributed by atoms with Gasteiger partial charge in [0.05, 0.1) is 20.8 Å². The fourth-order valence-electron chi connectivity index (χ4n) is 2.85. The summed E-state index contributed by atoms with van der Waals surface area (Å²) in [4.78, 5) is 54.1. The molecule has 140 valence electrons. The van der Waals surface area contributed by atoms with Crippen molar-refractivity contribution in [2.24, 2.45) is 0 Å². The Balaban J connectivity index is 1.75. The molecule has 2 aromatic carbocycles. The number of thiazole rings is 1. The summed E-state index contributed by atoms with van der Waals surface area (Å²) in [5.41, 5.74) is 1.62. The minimum absolute atomic E-state index is 0.0649. The number of benzene rings is 2. The molecule has 4 amide bonds. The Morgan fingerprint density at radius 3 is 2.39 bits per heavy atom. The topological polar surface area (TPSA) is 114 Å². The number of non-ortho nitro benzene ring substituents is 1. The molecule has 1 aliphatic heterocycles. The average Bonchev–Trinajstić information content (AvgIpc) is 3.05. The number of imide groups is 2. The van der Waals surface area contributed by atoms with Crippen molar-refractivity contribution >= 4 is 55.9 Å². The molecule has 0 bridgehead atoms. The van der Waals surface area contributed by atoms with Crippen molar-refractivity contribution in [3.63, 3.8) is 0 Å². The molecule has 4 rings (SSSR count). The number of nitro benzene ring substituents is 1. The molecule has 0 N–H and O–H groups in total. The van der Waals surface area contributed by atoms with Gasteiger partial charge in [-0.15, -0.1) is 0 Å². The normalized spacial score (nSPS) is 14.8. The largest absolute Gasteiger partial charge is 0.344 e. The van der Waals surface area contributed by atoms with E-state index in [9.17, 15) is 24.5 Å². The maximum Gasteiger partial charge on any atom is 0.344 e. The Kier molecular flexibility index (Phi) is 4.12. The van der Waals surface area contributed by atoms with Gasteiger partial charge in [-0.25, -0.2) is 19.6 Å². The Bertz CT molecular complexity index is 1150. The molecule has 1 aliphatic rings. The smallest absolute Gasteiger partial charge is 0.273 e. The molecule has 3 aromatic rings. The summed E-state index contributed by atoms with van der Waals surface area (Å²) >= 11 is 0.975. The van der Waals surface area contributed by atoms with Gasteiger partial charge in [0, 0.05) is 12.1 Å². The number of anilines is 2. The van der Waals surface area contributed by atoms with Crippen molar-refractivity contribution in [3.8, 4) is 0 Å². The van der Waals surface area contributed by atoms with Crippen LogP contribution in [-0.2, 0) is 9.59 Å². The molecule has 1 fully saturated rings. The van der Waals surface area contributed by atoms with Gasteiger partial charge in [0.25, 0.3) is 5.69 Å². The van der Waals surface area contributed by atoms with Crippen molar-refractivity contribution in [2.75, 3.05) is 9.80 Å².